The first-order valence-corrected chi connectivity index (χ1v) is 6.37. The lowest BCUT2D eigenvalue weighted by atomic mass is 10.0. The van der Waals surface area contributed by atoms with E-state index in [1.54, 1.807) is 6.92 Å². The fourth-order valence-electron chi connectivity index (χ4n) is 2.48. The molecular formula is C15H20N2O. The minimum Gasteiger partial charge on any atom is -0.340 e. The van der Waals surface area contributed by atoms with Crippen LogP contribution in [0.2, 0.25) is 0 Å². The highest BCUT2D eigenvalue weighted by molar-refractivity contribution is 5.73. The highest BCUT2D eigenvalue weighted by atomic mass is 16.2. The SMILES string of the molecule is C=CCN1CCN(C(C)=O)C[C@H]1c1ccccc1. The normalized spacial score (nSPS) is 20.7. The van der Waals surface area contributed by atoms with Crippen LogP contribution in [0.5, 0.6) is 0 Å². The Hall–Kier alpha value is -1.61. The van der Waals surface area contributed by atoms with Crippen LogP contribution in [0, 0.1) is 0 Å². The molecule has 0 N–H and O–H groups in total. The Bertz CT molecular complexity index is 416. The third-order valence-electron chi connectivity index (χ3n) is 3.48. The maximum absolute atomic E-state index is 11.5. The van der Waals surface area contributed by atoms with E-state index in [1.807, 2.05) is 29.2 Å². The van der Waals surface area contributed by atoms with E-state index in [9.17, 15) is 4.79 Å². The molecule has 1 fully saturated rings. The molecule has 3 heteroatoms. The highest BCUT2D eigenvalue weighted by Gasteiger charge is 2.28. The molecule has 0 unspecified atom stereocenters. The van der Waals surface area contributed by atoms with Gasteiger partial charge in [-0.2, -0.15) is 0 Å². The molecular weight excluding hydrogens is 224 g/mol. The summed E-state index contributed by atoms with van der Waals surface area (Å²) in [5.41, 5.74) is 1.27. The van der Waals surface area contributed by atoms with Gasteiger partial charge in [0.15, 0.2) is 0 Å². The zero-order chi connectivity index (χ0) is 13.0. The lowest BCUT2D eigenvalue weighted by molar-refractivity contribution is -0.131. The Labute approximate surface area is 109 Å². The molecule has 2 rings (SSSR count). The molecule has 0 aliphatic carbocycles. The lowest BCUT2D eigenvalue weighted by Crippen LogP contribution is -2.49. The van der Waals surface area contributed by atoms with E-state index in [1.165, 1.54) is 5.56 Å². The van der Waals surface area contributed by atoms with E-state index in [4.69, 9.17) is 0 Å². The van der Waals surface area contributed by atoms with Gasteiger partial charge < -0.3 is 4.90 Å². The fraction of sp³-hybridized carbons (Fsp3) is 0.400. The third-order valence-corrected chi connectivity index (χ3v) is 3.48. The zero-order valence-electron chi connectivity index (χ0n) is 10.9. The lowest BCUT2D eigenvalue weighted by Gasteiger charge is -2.41. The maximum Gasteiger partial charge on any atom is 0.219 e. The number of hydrogen-bond donors (Lipinski definition) is 0. The van der Waals surface area contributed by atoms with Gasteiger partial charge in [0.2, 0.25) is 5.91 Å². The van der Waals surface area contributed by atoms with Crippen molar-refractivity contribution in [2.75, 3.05) is 26.2 Å². The molecule has 96 valence electrons. The quantitative estimate of drug-likeness (QED) is 0.760. The molecule has 1 aliphatic heterocycles. The van der Waals surface area contributed by atoms with Crippen molar-refractivity contribution < 1.29 is 4.79 Å². The largest absolute Gasteiger partial charge is 0.340 e. The number of amides is 1. The van der Waals surface area contributed by atoms with Gasteiger partial charge >= 0.3 is 0 Å². The third kappa shape index (κ3) is 2.79. The second-order valence-corrected chi connectivity index (χ2v) is 4.68. The van der Waals surface area contributed by atoms with Crippen LogP contribution in [0.4, 0.5) is 0 Å². The summed E-state index contributed by atoms with van der Waals surface area (Å²) in [6, 6.07) is 10.7. The molecule has 1 amide bonds. The van der Waals surface area contributed by atoms with Crippen molar-refractivity contribution in [3.63, 3.8) is 0 Å². The van der Waals surface area contributed by atoms with E-state index in [2.05, 4.69) is 23.6 Å². The van der Waals surface area contributed by atoms with Gasteiger partial charge in [0.25, 0.3) is 0 Å². The fourth-order valence-corrected chi connectivity index (χ4v) is 2.48. The van der Waals surface area contributed by atoms with Gasteiger partial charge in [-0.1, -0.05) is 36.4 Å². The summed E-state index contributed by atoms with van der Waals surface area (Å²) in [6.07, 6.45) is 1.93. The molecule has 1 saturated heterocycles. The molecule has 0 radical (unpaired) electrons. The van der Waals surface area contributed by atoms with Crippen LogP contribution in [-0.2, 0) is 4.79 Å². The van der Waals surface area contributed by atoms with E-state index < -0.39 is 0 Å². The number of piperazine rings is 1. The van der Waals surface area contributed by atoms with Crippen LogP contribution >= 0.6 is 0 Å². The zero-order valence-corrected chi connectivity index (χ0v) is 10.9. The molecule has 0 aromatic heterocycles. The summed E-state index contributed by atoms with van der Waals surface area (Å²) in [4.78, 5) is 15.8. The number of nitrogens with zero attached hydrogens (tertiary/aromatic N) is 2. The standard InChI is InChI=1S/C15H20N2O/c1-3-9-16-10-11-17(13(2)18)12-15(16)14-7-5-4-6-8-14/h3-8,15H,1,9-12H2,2H3/t15-/m0/s1. The predicted molar refractivity (Wildman–Crippen MR) is 73.2 cm³/mol. The number of carbonyl (C=O) groups excluding carboxylic acids is 1. The summed E-state index contributed by atoms with van der Waals surface area (Å²) in [7, 11) is 0. The first-order chi connectivity index (χ1) is 8.72. The first-order valence-electron chi connectivity index (χ1n) is 6.37. The Balaban J connectivity index is 2.19. The molecule has 1 aliphatic rings. The average Bonchev–Trinajstić information content (AvgIpc) is 2.40. The van der Waals surface area contributed by atoms with E-state index >= 15 is 0 Å². The second-order valence-electron chi connectivity index (χ2n) is 4.68. The van der Waals surface area contributed by atoms with Gasteiger partial charge in [-0.3, -0.25) is 9.69 Å². The molecule has 1 aromatic carbocycles. The van der Waals surface area contributed by atoms with Gasteiger partial charge in [0, 0.05) is 33.1 Å². The Morgan fingerprint density at radius 3 is 2.72 bits per heavy atom. The molecule has 0 saturated carbocycles. The molecule has 3 nitrogen and oxygen atoms in total. The Kier molecular flexibility index (Phi) is 4.15. The van der Waals surface area contributed by atoms with Crippen molar-refractivity contribution in [2.24, 2.45) is 0 Å². The van der Waals surface area contributed by atoms with Crippen LogP contribution in [0.1, 0.15) is 18.5 Å². The van der Waals surface area contributed by atoms with E-state index in [-0.39, 0.29) is 11.9 Å². The maximum atomic E-state index is 11.5. The summed E-state index contributed by atoms with van der Waals surface area (Å²) in [5.74, 6) is 0.161. The minimum atomic E-state index is 0.161. The van der Waals surface area contributed by atoms with Crippen LogP contribution in [-0.4, -0.2) is 41.9 Å². The van der Waals surface area contributed by atoms with Crippen molar-refractivity contribution >= 4 is 5.91 Å². The van der Waals surface area contributed by atoms with Crippen molar-refractivity contribution in [1.82, 2.24) is 9.80 Å². The molecule has 1 heterocycles. The van der Waals surface area contributed by atoms with Gasteiger partial charge in [-0.25, -0.2) is 0 Å². The van der Waals surface area contributed by atoms with Crippen LogP contribution in [0.15, 0.2) is 43.0 Å². The molecule has 1 aromatic rings. The van der Waals surface area contributed by atoms with Crippen LogP contribution in [0.3, 0.4) is 0 Å². The van der Waals surface area contributed by atoms with E-state index in [0.29, 0.717) is 0 Å². The summed E-state index contributed by atoms with van der Waals surface area (Å²) < 4.78 is 0. The Morgan fingerprint density at radius 2 is 2.11 bits per heavy atom. The molecule has 18 heavy (non-hydrogen) atoms. The molecule has 0 spiro atoms. The highest BCUT2D eigenvalue weighted by Crippen LogP contribution is 2.25. The predicted octanol–water partition coefficient (Wildman–Crippen LogP) is 2.08. The second kappa shape index (κ2) is 5.83. The van der Waals surface area contributed by atoms with Gasteiger partial charge in [0.1, 0.15) is 0 Å². The number of benzene rings is 1. The summed E-state index contributed by atoms with van der Waals surface area (Å²) in [6.45, 7) is 8.82. The van der Waals surface area contributed by atoms with Crippen LogP contribution < -0.4 is 0 Å². The summed E-state index contributed by atoms with van der Waals surface area (Å²) in [5, 5.41) is 0. The van der Waals surface area contributed by atoms with Gasteiger partial charge in [-0.05, 0) is 5.56 Å². The summed E-state index contributed by atoms with van der Waals surface area (Å²) >= 11 is 0. The van der Waals surface area contributed by atoms with Crippen molar-refractivity contribution in [3.05, 3.63) is 48.6 Å². The Morgan fingerprint density at radius 1 is 1.39 bits per heavy atom. The van der Waals surface area contributed by atoms with Crippen LogP contribution in [0.25, 0.3) is 0 Å². The topological polar surface area (TPSA) is 23.6 Å². The van der Waals surface area contributed by atoms with Gasteiger partial charge in [0.05, 0.1) is 6.04 Å². The van der Waals surface area contributed by atoms with Gasteiger partial charge in [-0.15, -0.1) is 6.58 Å². The smallest absolute Gasteiger partial charge is 0.219 e. The molecule has 1 atom stereocenters. The van der Waals surface area contributed by atoms with E-state index in [0.717, 1.165) is 26.2 Å². The number of carbonyl (C=O) groups is 1. The first kappa shape index (κ1) is 12.8. The molecule has 0 bridgehead atoms. The monoisotopic (exact) mass is 244 g/mol. The minimum absolute atomic E-state index is 0.161. The van der Waals surface area contributed by atoms with Crippen molar-refractivity contribution in [2.45, 2.75) is 13.0 Å². The van der Waals surface area contributed by atoms with Crippen molar-refractivity contribution in [3.8, 4) is 0 Å². The van der Waals surface area contributed by atoms with Crippen molar-refractivity contribution in [1.29, 1.82) is 0 Å². The average molecular weight is 244 g/mol. The number of hydrogen-bond acceptors (Lipinski definition) is 2. The number of rotatable bonds is 3.